The summed E-state index contributed by atoms with van der Waals surface area (Å²) in [7, 11) is 0. The lowest BCUT2D eigenvalue weighted by molar-refractivity contribution is -0.208. The highest BCUT2D eigenvalue weighted by Gasteiger charge is 2.46. The number of piperidine rings is 1. The highest BCUT2D eigenvalue weighted by Crippen LogP contribution is 2.36. The van der Waals surface area contributed by atoms with Gasteiger partial charge in [-0.05, 0) is 37.5 Å². The van der Waals surface area contributed by atoms with Crippen molar-refractivity contribution in [2.24, 2.45) is 0 Å². The first-order valence-corrected chi connectivity index (χ1v) is 8.97. The van der Waals surface area contributed by atoms with Crippen molar-refractivity contribution in [1.82, 2.24) is 19.5 Å². The highest BCUT2D eigenvalue weighted by atomic mass is 16.7. The van der Waals surface area contributed by atoms with Crippen LogP contribution in [0, 0.1) is 0 Å². The number of likely N-dealkylation sites (tertiary alicyclic amines) is 1. The smallest absolute Gasteiger partial charge is 0.249 e. The van der Waals surface area contributed by atoms with Crippen molar-refractivity contribution < 1.29 is 9.63 Å². The number of carbonyl (C=O) groups excluding carboxylic acids is 1. The van der Waals surface area contributed by atoms with Crippen LogP contribution in [0.15, 0.2) is 43.0 Å². The molecule has 0 atom stereocenters. The van der Waals surface area contributed by atoms with E-state index in [1.165, 1.54) is 10.6 Å². The summed E-state index contributed by atoms with van der Waals surface area (Å²) in [5.74, 6) is 0.131. The molecule has 3 heterocycles. The van der Waals surface area contributed by atoms with Crippen LogP contribution in [-0.4, -0.2) is 50.7 Å². The van der Waals surface area contributed by atoms with E-state index in [1.54, 1.807) is 6.20 Å². The summed E-state index contributed by atoms with van der Waals surface area (Å²) in [6.45, 7) is 5.46. The van der Waals surface area contributed by atoms with E-state index in [2.05, 4.69) is 34.1 Å². The Bertz CT molecular complexity index is 718. The second-order valence-corrected chi connectivity index (χ2v) is 6.95. The molecule has 4 rings (SSSR count). The quantitative estimate of drug-likeness (QED) is 0.857. The first kappa shape index (κ1) is 16.3. The number of imidazole rings is 1. The summed E-state index contributed by atoms with van der Waals surface area (Å²) in [5.41, 5.74) is 2.17. The van der Waals surface area contributed by atoms with Crippen LogP contribution in [0.4, 0.5) is 0 Å². The molecule has 0 bridgehead atoms. The molecule has 0 aliphatic carbocycles. The zero-order valence-corrected chi connectivity index (χ0v) is 14.6. The Morgan fingerprint density at radius 3 is 2.56 bits per heavy atom. The molecule has 6 heteroatoms. The minimum absolute atomic E-state index is 0.131. The largest absolute Gasteiger partial charge is 0.306 e. The molecule has 132 valence electrons. The van der Waals surface area contributed by atoms with Crippen LogP contribution < -0.4 is 0 Å². The fourth-order valence-electron chi connectivity index (χ4n) is 3.75. The Kier molecular flexibility index (Phi) is 4.31. The number of aromatic nitrogens is 2. The molecule has 1 amide bonds. The molecule has 1 aromatic carbocycles. The van der Waals surface area contributed by atoms with Crippen LogP contribution >= 0.6 is 0 Å². The zero-order chi connectivity index (χ0) is 17.3. The van der Waals surface area contributed by atoms with E-state index in [0.717, 1.165) is 38.2 Å². The van der Waals surface area contributed by atoms with Gasteiger partial charge in [-0.2, -0.15) is 0 Å². The zero-order valence-electron chi connectivity index (χ0n) is 14.6. The van der Waals surface area contributed by atoms with Gasteiger partial charge in [-0.15, -0.1) is 0 Å². The van der Waals surface area contributed by atoms with E-state index >= 15 is 0 Å². The van der Waals surface area contributed by atoms with E-state index in [0.29, 0.717) is 13.0 Å². The van der Waals surface area contributed by atoms with Gasteiger partial charge in [0.2, 0.25) is 5.91 Å². The van der Waals surface area contributed by atoms with Crippen LogP contribution in [0.5, 0.6) is 0 Å². The fraction of sp³-hybridized carbons (Fsp3) is 0.474. The Morgan fingerprint density at radius 1 is 1.20 bits per heavy atom. The number of rotatable bonds is 4. The molecule has 2 saturated heterocycles. The monoisotopic (exact) mass is 340 g/mol. The normalized spacial score (nSPS) is 20.5. The van der Waals surface area contributed by atoms with Gasteiger partial charge in [-0.25, -0.2) is 10.0 Å². The summed E-state index contributed by atoms with van der Waals surface area (Å²) in [6, 6.07) is 8.60. The van der Waals surface area contributed by atoms with E-state index in [4.69, 9.17) is 4.84 Å². The van der Waals surface area contributed by atoms with Crippen molar-refractivity contribution in [3.8, 4) is 5.69 Å². The van der Waals surface area contributed by atoms with E-state index < -0.39 is 0 Å². The average molecular weight is 340 g/mol. The maximum Gasteiger partial charge on any atom is 0.249 e. The molecule has 6 nitrogen and oxygen atoms in total. The summed E-state index contributed by atoms with van der Waals surface area (Å²) in [6.07, 6.45) is 7.91. The van der Waals surface area contributed by atoms with Crippen molar-refractivity contribution in [2.75, 3.05) is 19.6 Å². The van der Waals surface area contributed by atoms with Gasteiger partial charge in [0.05, 0.1) is 12.7 Å². The average Bonchev–Trinajstić information content (AvgIpc) is 3.26. The van der Waals surface area contributed by atoms with Gasteiger partial charge in [0, 0.05) is 44.3 Å². The third kappa shape index (κ3) is 3.32. The van der Waals surface area contributed by atoms with Crippen molar-refractivity contribution in [2.45, 2.75) is 38.3 Å². The molecule has 2 fully saturated rings. The number of nitrogens with zero attached hydrogens (tertiary/aromatic N) is 4. The number of benzene rings is 1. The first-order valence-electron chi connectivity index (χ1n) is 8.97. The number of hydroxylamine groups is 2. The van der Waals surface area contributed by atoms with Crippen LogP contribution in [0.1, 0.15) is 31.7 Å². The van der Waals surface area contributed by atoms with Gasteiger partial charge in [0.25, 0.3) is 0 Å². The minimum Gasteiger partial charge on any atom is -0.306 e. The van der Waals surface area contributed by atoms with Crippen LogP contribution in [0.3, 0.4) is 0 Å². The van der Waals surface area contributed by atoms with Gasteiger partial charge >= 0.3 is 0 Å². The Balaban J connectivity index is 1.34. The van der Waals surface area contributed by atoms with Crippen molar-refractivity contribution in [3.63, 3.8) is 0 Å². The molecule has 2 aliphatic rings. The lowest BCUT2D eigenvalue weighted by Gasteiger charge is -2.37. The Hall–Kier alpha value is -2.18. The van der Waals surface area contributed by atoms with Gasteiger partial charge in [0.15, 0.2) is 0 Å². The second kappa shape index (κ2) is 6.61. The Morgan fingerprint density at radius 2 is 1.96 bits per heavy atom. The minimum atomic E-state index is -0.255. The predicted octanol–water partition coefficient (Wildman–Crippen LogP) is 2.39. The Labute approximate surface area is 148 Å². The molecule has 0 unspecified atom stereocenters. The SMILES string of the molecule is CCN1OC2(CCN(Cc3ccc(-n4ccnc4)cc3)CC2)CC1=O. The number of amides is 1. The van der Waals surface area contributed by atoms with Gasteiger partial charge in [-0.3, -0.25) is 14.5 Å². The third-order valence-electron chi connectivity index (χ3n) is 5.25. The topological polar surface area (TPSA) is 50.6 Å². The summed E-state index contributed by atoms with van der Waals surface area (Å²) in [5, 5.41) is 1.53. The number of carbonyl (C=O) groups is 1. The van der Waals surface area contributed by atoms with Crippen molar-refractivity contribution >= 4 is 5.91 Å². The molecular formula is C19H24N4O2. The van der Waals surface area contributed by atoms with Crippen LogP contribution in [0.25, 0.3) is 5.69 Å². The van der Waals surface area contributed by atoms with E-state index in [9.17, 15) is 4.79 Å². The molecular weight excluding hydrogens is 316 g/mol. The van der Waals surface area contributed by atoms with E-state index in [1.807, 2.05) is 24.0 Å². The van der Waals surface area contributed by atoms with Gasteiger partial charge < -0.3 is 4.57 Å². The fourth-order valence-corrected chi connectivity index (χ4v) is 3.75. The lowest BCUT2D eigenvalue weighted by Crippen LogP contribution is -2.44. The molecule has 0 N–H and O–H groups in total. The predicted molar refractivity (Wildman–Crippen MR) is 93.9 cm³/mol. The van der Waals surface area contributed by atoms with Crippen molar-refractivity contribution in [3.05, 3.63) is 48.5 Å². The van der Waals surface area contributed by atoms with Crippen LogP contribution in [0.2, 0.25) is 0 Å². The van der Waals surface area contributed by atoms with Crippen molar-refractivity contribution in [1.29, 1.82) is 0 Å². The third-order valence-corrected chi connectivity index (χ3v) is 5.25. The number of hydrogen-bond donors (Lipinski definition) is 0. The molecule has 25 heavy (non-hydrogen) atoms. The molecule has 2 aromatic rings. The second-order valence-electron chi connectivity index (χ2n) is 6.95. The van der Waals surface area contributed by atoms with Gasteiger partial charge in [0.1, 0.15) is 5.60 Å². The standard InChI is InChI=1S/C19H24N4O2/c1-2-23-18(24)13-19(25-23)7-10-21(11-8-19)14-16-3-5-17(6-4-16)22-12-9-20-15-22/h3-6,9,12,15H,2,7-8,10-11,13-14H2,1H3. The maximum absolute atomic E-state index is 12.0. The lowest BCUT2D eigenvalue weighted by atomic mass is 9.88. The highest BCUT2D eigenvalue weighted by molar-refractivity contribution is 5.78. The summed E-state index contributed by atoms with van der Waals surface area (Å²) < 4.78 is 2.00. The molecule has 1 aromatic heterocycles. The molecule has 2 aliphatic heterocycles. The summed E-state index contributed by atoms with van der Waals surface area (Å²) >= 11 is 0. The molecule has 1 spiro atoms. The number of hydrogen-bond acceptors (Lipinski definition) is 4. The van der Waals surface area contributed by atoms with Crippen LogP contribution in [-0.2, 0) is 16.2 Å². The summed E-state index contributed by atoms with van der Waals surface area (Å²) in [4.78, 5) is 24.4. The maximum atomic E-state index is 12.0. The molecule has 0 saturated carbocycles. The first-order chi connectivity index (χ1) is 12.2. The van der Waals surface area contributed by atoms with E-state index in [-0.39, 0.29) is 11.5 Å². The molecule has 0 radical (unpaired) electrons. The van der Waals surface area contributed by atoms with Gasteiger partial charge in [-0.1, -0.05) is 12.1 Å².